The fraction of sp³-hybridized carbons (Fsp3) is 0.769. The van der Waals surface area contributed by atoms with Gasteiger partial charge in [0, 0.05) is 31.9 Å². The molecule has 2 rings (SSSR count). The lowest BCUT2D eigenvalue weighted by Gasteiger charge is -2.43. The molecular weight excluding hydrogens is 212 g/mol. The highest BCUT2D eigenvalue weighted by Crippen LogP contribution is 2.30. The van der Waals surface area contributed by atoms with Crippen molar-refractivity contribution in [2.75, 3.05) is 18.5 Å². The van der Waals surface area contributed by atoms with Gasteiger partial charge in [0.15, 0.2) is 0 Å². The van der Waals surface area contributed by atoms with Gasteiger partial charge in [0.2, 0.25) is 0 Å². The zero-order chi connectivity index (χ0) is 12.6. The molecule has 1 N–H and O–H groups in total. The zero-order valence-electron chi connectivity index (χ0n) is 11.6. The van der Waals surface area contributed by atoms with Crippen LogP contribution in [-0.2, 0) is 7.05 Å². The minimum atomic E-state index is 0.559. The number of rotatable bonds is 2. The second-order valence-corrected chi connectivity index (χ2v) is 5.25. The molecule has 1 saturated heterocycles. The number of hydrogen-bond acceptors (Lipinski definition) is 3. The van der Waals surface area contributed by atoms with Crippen LogP contribution in [0.4, 0.5) is 5.69 Å². The number of hydrogen-bond donors (Lipinski definition) is 1. The summed E-state index contributed by atoms with van der Waals surface area (Å²) >= 11 is 0. The first-order valence-electron chi connectivity index (χ1n) is 6.48. The topological polar surface area (TPSA) is 33.1 Å². The molecule has 1 aromatic heterocycles. The molecule has 0 radical (unpaired) electrons. The number of anilines is 1. The van der Waals surface area contributed by atoms with Gasteiger partial charge in [-0.05, 0) is 33.2 Å². The van der Waals surface area contributed by atoms with Gasteiger partial charge < -0.3 is 10.2 Å². The highest BCUT2D eigenvalue weighted by atomic mass is 15.3. The van der Waals surface area contributed by atoms with Crippen LogP contribution in [0.5, 0.6) is 0 Å². The van der Waals surface area contributed by atoms with E-state index in [-0.39, 0.29) is 0 Å². The molecule has 3 atom stereocenters. The Labute approximate surface area is 104 Å². The summed E-state index contributed by atoms with van der Waals surface area (Å²) < 4.78 is 1.91. The van der Waals surface area contributed by atoms with E-state index < -0.39 is 0 Å². The number of nitrogens with one attached hydrogen (secondary N) is 1. The summed E-state index contributed by atoms with van der Waals surface area (Å²) in [4.78, 5) is 2.50. The molecule has 0 aliphatic carbocycles. The van der Waals surface area contributed by atoms with Gasteiger partial charge in [-0.25, -0.2) is 0 Å². The van der Waals surface area contributed by atoms with E-state index in [1.54, 1.807) is 0 Å². The van der Waals surface area contributed by atoms with Crippen molar-refractivity contribution in [2.45, 2.75) is 39.3 Å². The molecule has 4 heteroatoms. The van der Waals surface area contributed by atoms with E-state index in [9.17, 15) is 0 Å². The third kappa shape index (κ3) is 2.18. The summed E-state index contributed by atoms with van der Waals surface area (Å²) in [6, 6.07) is 1.20. The van der Waals surface area contributed by atoms with Gasteiger partial charge in [-0.2, -0.15) is 5.10 Å². The largest absolute Gasteiger partial charge is 0.366 e. The first kappa shape index (κ1) is 12.4. The molecule has 0 spiro atoms. The molecule has 1 aliphatic heterocycles. The molecule has 0 amide bonds. The molecular formula is C13H24N4. The summed E-state index contributed by atoms with van der Waals surface area (Å²) in [5.41, 5.74) is 2.43. The molecule has 1 aromatic rings. The van der Waals surface area contributed by atoms with Crippen LogP contribution < -0.4 is 10.2 Å². The summed E-state index contributed by atoms with van der Waals surface area (Å²) in [5, 5.41) is 7.87. The SMILES string of the molecule is CNC1CCN(c2cn(C)nc2C)C(C)C1C. The molecule has 3 unspecified atom stereocenters. The molecule has 1 aliphatic rings. The summed E-state index contributed by atoms with van der Waals surface area (Å²) in [6.07, 6.45) is 3.34. The number of aromatic nitrogens is 2. The Morgan fingerprint density at radius 3 is 2.65 bits per heavy atom. The number of piperidine rings is 1. The monoisotopic (exact) mass is 236 g/mol. The van der Waals surface area contributed by atoms with E-state index >= 15 is 0 Å². The Kier molecular flexibility index (Phi) is 3.43. The lowest BCUT2D eigenvalue weighted by molar-refractivity contribution is 0.282. The summed E-state index contributed by atoms with van der Waals surface area (Å²) in [6.45, 7) is 7.87. The predicted molar refractivity (Wildman–Crippen MR) is 71.4 cm³/mol. The van der Waals surface area contributed by atoms with Gasteiger partial charge in [-0.1, -0.05) is 6.92 Å². The van der Waals surface area contributed by atoms with E-state index in [2.05, 4.69) is 49.3 Å². The predicted octanol–water partition coefficient (Wildman–Crippen LogP) is 1.55. The maximum absolute atomic E-state index is 4.44. The molecule has 0 aromatic carbocycles. The number of nitrogens with zero attached hydrogens (tertiary/aromatic N) is 3. The number of aryl methyl sites for hydroxylation is 2. The first-order chi connectivity index (χ1) is 8.04. The van der Waals surface area contributed by atoms with Crippen molar-refractivity contribution in [3.63, 3.8) is 0 Å². The van der Waals surface area contributed by atoms with Crippen molar-refractivity contribution in [3.05, 3.63) is 11.9 Å². The molecule has 2 heterocycles. The summed E-state index contributed by atoms with van der Waals surface area (Å²) in [7, 11) is 4.06. The van der Waals surface area contributed by atoms with Crippen molar-refractivity contribution >= 4 is 5.69 Å². The van der Waals surface area contributed by atoms with Crippen LogP contribution in [0.15, 0.2) is 6.20 Å². The molecule has 17 heavy (non-hydrogen) atoms. The fourth-order valence-electron chi connectivity index (χ4n) is 2.98. The quantitative estimate of drug-likeness (QED) is 0.846. The zero-order valence-corrected chi connectivity index (χ0v) is 11.6. The molecule has 96 valence electrons. The average Bonchev–Trinajstić information content (AvgIpc) is 2.62. The Bertz CT molecular complexity index is 385. The maximum Gasteiger partial charge on any atom is 0.0827 e. The van der Waals surface area contributed by atoms with Crippen LogP contribution in [-0.4, -0.2) is 35.5 Å². The van der Waals surface area contributed by atoms with Crippen LogP contribution in [0.25, 0.3) is 0 Å². The first-order valence-corrected chi connectivity index (χ1v) is 6.48. The minimum absolute atomic E-state index is 0.559. The van der Waals surface area contributed by atoms with E-state index in [4.69, 9.17) is 0 Å². The van der Waals surface area contributed by atoms with Crippen molar-refractivity contribution < 1.29 is 0 Å². The standard InChI is InChI=1S/C13H24N4/c1-9-11(3)17(7-6-12(9)14-4)13-8-16(5)15-10(13)2/h8-9,11-12,14H,6-7H2,1-5H3. The van der Waals surface area contributed by atoms with Gasteiger partial charge in [0.1, 0.15) is 0 Å². The van der Waals surface area contributed by atoms with E-state index in [1.807, 2.05) is 11.7 Å². The van der Waals surface area contributed by atoms with Gasteiger partial charge in [-0.3, -0.25) is 4.68 Å². The highest BCUT2D eigenvalue weighted by molar-refractivity contribution is 5.50. The molecule has 1 fully saturated rings. The van der Waals surface area contributed by atoms with E-state index in [0.29, 0.717) is 18.0 Å². The van der Waals surface area contributed by atoms with Crippen molar-refractivity contribution in [1.29, 1.82) is 0 Å². The third-order valence-corrected chi connectivity index (χ3v) is 4.24. The minimum Gasteiger partial charge on any atom is -0.366 e. The highest BCUT2D eigenvalue weighted by Gasteiger charge is 2.32. The summed E-state index contributed by atoms with van der Waals surface area (Å²) in [5.74, 6) is 0.661. The van der Waals surface area contributed by atoms with Gasteiger partial charge >= 0.3 is 0 Å². The lowest BCUT2D eigenvalue weighted by atomic mass is 9.87. The normalized spacial score (nSPS) is 29.7. The average molecular weight is 236 g/mol. The van der Waals surface area contributed by atoms with Crippen LogP contribution in [0.2, 0.25) is 0 Å². The smallest absolute Gasteiger partial charge is 0.0827 e. The second-order valence-electron chi connectivity index (χ2n) is 5.25. The third-order valence-electron chi connectivity index (χ3n) is 4.24. The van der Waals surface area contributed by atoms with Crippen LogP contribution in [0.1, 0.15) is 26.0 Å². The van der Waals surface area contributed by atoms with Crippen LogP contribution in [0.3, 0.4) is 0 Å². The Morgan fingerprint density at radius 2 is 2.12 bits per heavy atom. The maximum atomic E-state index is 4.44. The Hall–Kier alpha value is -1.03. The Morgan fingerprint density at radius 1 is 1.41 bits per heavy atom. The van der Waals surface area contributed by atoms with Crippen LogP contribution >= 0.6 is 0 Å². The van der Waals surface area contributed by atoms with Gasteiger partial charge in [-0.15, -0.1) is 0 Å². The van der Waals surface area contributed by atoms with Gasteiger partial charge in [0.05, 0.1) is 11.4 Å². The molecule has 0 saturated carbocycles. The van der Waals surface area contributed by atoms with Crippen molar-refractivity contribution in [2.24, 2.45) is 13.0 Å². The van der Waals surface area contributed by atoms with Crippen molar-refractivity contribution in [3.8, 4) is 0 Å². The second kappa shape index (κ2) is 4.69. The Balaban J connectivity index is 2.21. The fourth-order valence-corrected chi connectivity index (χ4v) is 2.98. The molecule has 0 bridgehead atoms. The molecule has 4 nitrogen and oxygen atoms in total. The lowest BCUT2D eigenvalue weighted by Crippen LogP contribution is -2.52. The van der Waals surface area contributed by atoms with E-state index in [0.717, 1.165) is 12.2 Å². The van der Waals surface area contributed by atoms with Gasteiger partial charge in [0.25, 0.3) is 0 Å². The van der Waals surface area contributed by atoms with Crippen LogP contribution in [0, 0.1) is 12.8 Å². The van der Waals surface area contributed by atoms with E-state index in [1.165, 1.54) is 12.1 Å². The van der Waals surface area contributed by atoms with Crippen molar-refractivity contribution in [1.82, 2.24) is 15.1 Å².